The Bertz CT molecular complexity index is 2500. The molecule has 63 heavy (non-hydrogen) atoms. The number of carboxylic acid groups (broad SMARTS) is 1. The Morgan fingerprint density at radius 2 is 1.65 bits per heavy atom. The lowest BCUT2D eigenvalue weighted by atomic mass is 9.82. The van der Waals surface area contributed by atoms with Crippen LogP contribution in [-0.4, -0.2) is 69.2 Å². The fourth-order valence-electron chi connectivity index (χ4n) is 8.75. The molecule has 2 aliphatic heterocycles. The third-order valence-corrected chi connectivity index (χ3v) is 12.5. The third-order valence-electron chi connectivity index (χ3n) is 12.5. The first-order valence-electron chi connectivity index (χ1n) is 21.2. The topological polar surface area (TPSA) is 153 Å². The van der Waals surface area contributed by atoms with Gasteiger partial charge in [0, 0.05) is 38.2 Å². The number of amides is 2. The molecule has 0 spiro atoms. The minimum atomic E-state index is -4.14. The van der Waals surface area contributed by atoms with E-state index < -0.39 is 48.1 Å². The van der Waals surface area contributed by atoms with Gasteiger partial charge in [0.25, 0.3) is 5.91 Å². The second kappa shape index (κ2) is 17.8. The van der Waals surface area contributed by atoms with Gasteiger partial charge in [-0.1, -0.05) is 36.4 Å². The molecule has 0 radical (unpaired) electrons. The summed E-state index contributed by atoms with van der Waals surface area (Å²) in [6.45, 7) is 7.73. The number of pyridine rings is 1. The zero-order valence-corrected chi connectivity index (χ0v) is 35.5. The molecule has 8 rings (SSSR count). The highest BCUT2D eigenvalue weighted by atomic mass is 19.4. The van der Waals surface area contributed by atoms with Gasteiger partial charge >= 0.3 is 12.1 Å². The average Bonchev–Trinajstić information content (AvgIpc) is 3.61. The Morgan fingerprint density at radius 1 is 0.937 bits per heavy atom. The first kappa shape index (κ1) is 43.3. The Hall–Kier alpha value is -6.38. The molecule has 3 aliphatic rings. The van der Waals surface area contributed by atoms with Gasteiger partial charge in [-0.3, -0.25) is 14.6 Å². The number of aryl methyl sites for hydroxylation is 3. The van der Waals surface area contributed by atoms with Crippen LogP contribution in [0.25, 0.3) is 11.1 Å². The maximum atomic E-state index is 14.2. The van der Waals surface area contributed by atoms with E-state index in [0.29, 0.717) is 48.0 Å². The van der Waals surface area contributed by atoms with Gasteiger partial charge < -0.3 is 34.0 Å². The molecule has 1 aliphatic carbocycles. The standard InChI is InChI=1S/C48H49F3N4O8/c1-26-27(2)52-18-17-38(26)32-9-5-30(6-10-32)19-39(47(58)59)54-45(56)40-20-34-21-41-42(22-35(34)23-55(40)46(57)44-28(3)62-29(4)53-44)63-43(25-61-41)33-11-15-37(16-12-33)60-24-31-7-13-36(14-8-31)48(49,50)51/h5-6,9-12,15-18,21-22,31,36,39-40,43H,7-8,13-14,19-20,23-25H2,1-4H3,(H,54,56)(H,58,59)/t31?,36?,39-,40-,43+/m0/s1. The fraction of sp³-hybridized carbons (Fsp3) is 0.396. The number of rotatable bonds is 11. The number of carbonyl (C=O) groups is 3. The molecule has 2 N–H and O–H groups in total. The summed E-state index contributed by atoms with van der Waals surface area (Å²) in [7, 11) is 0. The average molecular weight is 867 g/mol. The van der Waals surface area contributed by atoms with Gasteiger partial charge in [0.1, 0.15) is 30.2 Å². The Morgan fingerprint density at radius 3 is 2.32 bits per heavy atom. The van der Waals surface area contributed by atoms with Gasteiger partial charge in [-0.15, -0.1) is 0 Å². The van der Waals surface area contributed by atoms with Crippen LogP contribution in [0.1, 0.15) is 87.4 Å². The molecule has 0 saturated heterocycles. The zero-order valence-electron chi connectivity index (χ0n) is 35.5. The zero-order chi connectivity index (χ0) is 44.6. The highest BCUT2D eigenvalue weighted by Gasteiger charge is 2.42. The van der Waals surface area contributed by atoms with Crippen LogP contribution >= 0.6 is 0 Å². The smallest absolute Gasteiger partial charge is 0.391 e. The Kier molecular flexibility index (Phi) is 12.2. The summed E-state index contributed by atoms with van der Waals surface area (Å²) in [5, 5.41) is 13.0. The predicted molar refractivity (Wildman–Crippen MR) is 225 cm³/mol. The molecule has 5 aromatic rings. The Balaban J connectivity index is 0.961. The van der Waals surface area contributed by atoms with E-state index in [0.717, 1.165) is 39.1 Å². The maximum Gasteiger partial charge on any atom is 0.391 e. The van der Waals surface area contributed by atoms with E-state index in [1.54, 1.807) is 44.3 Å². The monoisotopic (exact) mass is 866 g/mol. The first-order valence-corrected chi connectivity index (χ1v) is 21.2. The van der Waals surface area contributed by atoms with Crippen LogP contribution < -0.4 is 19.5 Å². The van der Waals surface area contributed by atoms with Crippen LogP contribution in [0, 0.1) is 39.5 Å². The highest BCUT2D eigenvalue weighted by Crippen LogP contribution is 2.42. The van der Waals surface area contributed by atoms with E-state index in [1.807, 2.05) is 56.3 Å². The number of benzene rings is 3. The molecule has 2 aromatic heterocycles. The fourth-order valence-corrected chi connectivity index (χ4v) is 8.75. The van der Waals surface area contributed by atoms with Crippen molar-refractivity contribution in [3.8, 4) is 28.4 Å². The van der Waals surface area contributed by atoms with Crippen molar-refractivity contribution in [1.29, 1.82) is 0 Å². The molecular weight excluding hydrogens is 818 g/mol. The summed E-state index contributed by atoms with van der Waals surface area (Å²) in [6.07, 6.45) is -1.57. The minimum Gasteiger partial charge on any atom is -0.493 e. The molecule has 15 heteroatoms. The number of halogens is 3. The Labute approximate surface area is 362 Å². The predicted octanol–water partition coefficient (Wildman–Crippen LogP) is 8.61. The van der Waals surface area contributed by atoms with Crippen molar-refractivity contribution < 1.29 is 51.3 Å². The van der Waals surface area contributed by atoms with E-state index in [-0.39, 0.29) is 56.3 Å². The van der Waals surface area contributed by atoms with Crippen LogP contribution in [-0.2, 0) is 29.0 Å². The van der Waals surface area contributed by atoms with Crippen LogP contribution in [0.2, 0.25) is 0 Å². The van der Waals surface area contributed by atoms with Gasteiger partial charge in [0.05, 0.1) is 12.5 Å². The molecular formula is C48H49F3N4O8. The molecule has 1 saturated carbocycles. The lowest BCUT2D eigenvalue weighted by Crippen LogP contribution is -2.56. The number of nitrogens with zero attached hydrogens (tertiary/aromatic N) is 3. The normalized spacial score (nSPS) is 20.1. The van der Waals surface area contributed by atoms with Crippen molar-refractivity contribution in [2.24, 2.45) is 11.8 Å². The van der Waals surface area contributed by atoms with Crippen molar-refractivity contribution in [3.05, 3.63) is 124 Å². The van der Waals surface area contributed by atoms with Crippen LogP contribution in [0.15, 0.2) is 77.3 Å². The van der Waals surface area contributed by atoms with Gasteiger partial charge in [-0.05, 0) is 122 Å². The number of carbonyl (C=O) groups excluding carboxylic acids is 2. The number of oxazole rings is 1. The van der Waals surface area contributed by atoms with Crippen LogP contribution in [0.3, 0.4) is 0 Å². The number of aromatic nitrogens is 2. The number of hydrogen-bond acceptors (Lipinski definition) is 9. The number of aliphatic carboxylic acids is 1. The second-order valence-electron chi connectivity index (χ2n) is 16.8. The molecule has 1 fully saturated rings. The molecule has 12 nitrogen and oxygen atoms in total. The van der Waals surface area contributed by atoms with E-state index >= 15 is 0 Å². The molecule has 330 valence electrons. The molecule has 3 atom stereocenters. The van der Waals surface area contributed by atoms with Crippen LogP contribution in [0.5, 0.6) is 17.2 Å². The summed E-state index contributed by atoms with van der Waals surface area (Å²) in [4.78, 5) is 51.1. The second-order valence-corrected chi connectivity index (χ2v) is 16.8. The van der Waals surface area contributed by atoms with E-state index in [9.17, 15) is 32.7 Å². The van der Waals surface area contributed by atoms with E-state index in [2.05, 4.69) is 15.3 Å². The molecule has 0 bridgehead atoms. The number of carboxylic acids is 1. The maximum absolute atomic E-state index is 14.2. The summed E-state index contributed by atoms with van der Waals surface area (Å²) < 4.78 is 63.4. The van der Waals surface area contributed by atoms with Gasteiger partial charge in [0.2, 0.25) is 5.91 Å². The molecule has 0 unspecified atom stereocenters. The van der Waals surface area contributed by atoms with E-state index in [4.69, 9.17) is 18.6 Å². The quantitative estimate of drug-likeness (QED) is 0.132. The summed E-state index contributed by atoms with van der Waals surface area (Å²) >= 11 is 0. The molecule has 3 aromatic carbocycles. The summed E-state index contributed by atoms with van der Waals surface area (Å²) in [6, 6.07) is 18.0. The summed E-state index contributed by atoms with van der Waals surface area (Å²) in [5.41, 5.74) is 7.00. The van der Waals surface area contributed by atoms with Crippen LogP contribution in [0.4, 0.5) is 13.2 Å². The number of hydrogen-bond donors (Lipinski definition) is 2. The van der Waals surface area contributed by atoms with Crippen molar-refractivity contribution >= 4 is 17.8 Å². The minimum absolute atomic E-state index is 0.00407. The molecule has 2 amide bonds. The largest absolute Gasteiger partial charge is 0.493 e. The lowest BCUT2D eigenvalue weighted by Gasteiger charge is -2.37. The lowest BCUT2D eigenvalue weighted by molar-refractivity contribution is -0.184. The third kappa shape index (κ3) is 9.52. The number of nitrogens with one attached hydrogen (secondary N) is 1. The number of alkyl halides is 3. The van der Waals surface area contributed by atoms with Gasteiger partial charge in [-0.25, -0.2) is 9.78 Å². The number of ether oxygens (including phenoxy) is 3. The van der Waals surface area contributed by atoms with Crippen molar-refractivity contribution in [1.82, 2.24) is 20.2 Å². The van der Waals surface area contributed by atoms with Crippen molar-refractivity contribution in [2.45, 2.75) is 97.1 Å². The highest BCUT2D eigenvalue weighted by molar-refractivity contribution is 5.98. The summed E-state index contributed by atoms with van der Waals surface area (Å²) in [5.74, 6) is -1.43. The van der Waals surface area contributed by atoms with Crippen molar-refractivity contribution in [2.75, 3.05) is 13.2 Å². The number of fused-ring (bicyclic) bond motifs is 2. The van der Waals surface area contributed by atoms with Gasteiger partial charge in [-0.2, -0.15) is 13.2 Å². The van der Waals surface area contributed by atoms with Gasteiger partial charge in [0.15, 0.2) is 29.2 Å². The SMILES string of the molecule is Cc1nc(C(=O)N2Cc3cc4c(cc3C[C@H]2C(=O)N[C@@H](Cc2ccc(-c3ccnc(C)c3C)cc2)C(=O)O)OC[C@H](c2ccc(OCC3CCC(C(F)(F)F)CC3)cc2)O4)c(C)o1. The first-order chi connectivity index (χ1) is 30.1. The molecule has 4 heterocycles. The van der Waals surface area contributed by atoms with E-state index in [1.165, 1.54) is 4.90 Å². The van der Waals surface area contributed by atoms with Crippen molar-refractivity contribution in [3.63, 3.8) is 0 Å².